The highest BCUT2D eigenvalue weighted by atomic mass is 35.5. The lowest BCUT2D eigenvalue weighted by Crippen LogP contribution is -2.36. The number of aromatic nitrogens is 3. The molecule has 1 aromatic carbocycles. The van der Waals surface area contributed by atoms with Crippen molar-refractivity contribution >= 4 is 64.0 Å². The van der Waals surface area contributed by atoms with Crippen molar-refractivity contribution in [2.75, 3.05) is 79.8 Å². The van der Waals surface area contributed by atoms with Crippen molar-refractivity contribution in [3.63, 3.8) is 0 Å². The molecule has 242 valence electrons. The number of anilines is 4. The number of hydrogen-bond acceptors (Lipinski definition) is 9. The number of thiocarbonyl (C=S) groups is 1. The molecule has 45 heavy (non-hydrogen) atoms. The van der Waals surface area contributed by atoms with Crippen LogP contribution >= 0.6 is 35.6 Å². The number of halogens is 4. The summed E-state index contributed by atoms with van der Waals surface area (Å²) < 4.78 is 38.6. The van der Waals surface area contributed by atoms with Gasteiger partial charge in [0.15, 0.2) is 5.11 Å². The molecule has 2 saturated heterocycles. The lowest BCUT2D eigenvalue weighted by Gasteiger charge is -2.22. The van der Waals surface area contributed by atoms with Gasteiger partial charge in [-0.1, -0.05) is 23.4 Å². The second kappa shape index (κ2) is 15.5. The fourth-order valence-electron chi connectivity index (χ4n) is 5.08. The van der Waals surface area contributed by atoms with Crippen LogP contribution in [0, 0.1) is 0 Å². The highest BCUT2D eigenvalue weighted by Gasteiger charge is 2.31. The van der Waals surface area contributed by atoms with Gasteiger partial charge in [0.1, 0.15) is 16.7 Å². The van der Waals surface area contributed by atoms with E-state index in [0.717, 1.165) is 86.2 Å². The van der Waals surface area contributed by atoms with Crippen LogP contribution in [0.25, 0.3) is 0 Å². The highest BCUT2D eigenvalue weighted by molar-refractivity contribution is 7.99. The largest absolute Gasteiger partial charge is 0.417 e. The molecule has 3 N–H and O–H groups in total. The Morgan fingerprint density at radius 2 is 1.64 bits per heavy atom. The van der Waals surface area contributed by atoms with Crippen LogP contribution in [0.3, 0.4) is 0 Å². The summed E-state index contributed by atoms with van der Waals surface area (Å²) >= 11 is 12.7. The summed E-state index contributed by atoms with van der Waals surface area (Å²) in [4.78, 5) is 21.2. The number of nitrogens with zero attached hydrogens (tertiary/aromatic N) is 6. The number of hydrogen-bond donors (Lipinski definition) is 3. The van der Waals surface area contributed by atoms with Crippen LogP contribution in [0.2, 0.25) is 5.02 Å². The lowest BCUT2D eigenvalue weighted by atomic mass is 10.3. The number of likely N-dealkylation sites (N-methyl/N-ethyl adjacent to an activating group) is 1. The summed E-state index contributed by atoms with van der Waals surface area (Å²) in [6, 6.07) is 10.3. The molecule has 2 fully saturated rings. The molecule has 2 aromatic heterocycles. The molecule has 5 rings (SSSR count). The predicted molar refractivity (Wildman–Crippen MR) is 180 cm³/mol. The topological polar surface area (TPSA) is 84.5 Å². The molecule has 15 heteroatoms. The number of nitrogens with one attached hydrogen (secondary N) is 3. The molecule has 0 amide bonds. The minimum Gasteiger partial charge on any atom is -0.369 e. The summed E-state index contributed by atoms with van der Waals surface area (Å²) in [6.45, 7) is 7.17. The van der Waals surface area contributed by atoms with E-state index in [1.54, 1.807) is 0 Å². The minimum atomic E-state index is -4.49. The molecule has 0 aliphatic carbocycles. The van der Waals surface area contributed by atoms with Gasteiger partial charge >= 0.3 is 6.18 Å². The Hall–Kier alpha value is -3.07. The van der Waals surface area contributed by atoms with Gasteiger partial charge in [-0.25, -0.2) is 4.98 Å². The molecule has 0 bridgehead atoms. The zero-order valence-electron chi connectivity index (χ0n) is 25.0. The van der Waals surface area contributed by atoms with E-state index in [0.29, 0.717) is 16.7 Å². The molecule has 0 radical (unpaired) electrons. The van der Waals surface area contributed by atoms with Crippen LogP contribution in [-0.2, 0) is 6.18 Å². The average Bonchev–Trinajstić information content (AvgIpc) is 3.74. The van der Waals surface area contributed by atoms with Crippen molar-refractivity contribution in [1.82, 2.24) is 25.2 Å². The molecule has 3 aromatic rings. The van der Waals surface area contributed by atoms with Gasteiger partial charge in [0, 0.05) is 75.2 Å². The second-order valence-electron chi connectivity index (χ2n) is 11.0. The standard InChI is InChI=1S/C30H37ClF3N9S2/c1-41(16-10-35-25-19-26(42-12-2-3-13-42)40-28(39-25)43-14-4-5-15-43)17-11-36-29(44)38-22-6-8-23(9-7-22)45-27-24(31)18-21(20-37-27)30(32,33)34/h6-9,18-20H,2-5,10-17H2,1H3,(H,35,39,40)(H2,36,38,44). The van der Waals surface area contributed by atoms with E-state index in [2.05, 4.69) is 48.7 Å². The molecule has 9 nitrogen and oxygen atoms in total. The molecule has 0 spiro atoms. The maximum atomic E-state index is 12.9. The fourth-order valence-corrected chi connectivity index (χ4v) is 6.33. The quantitative estimate of drug-likeness (QED) is 0.191. The van der Waals surface area contributed by atoms with E-state index < -0.39 is 11.7 Å². The third-order valence-corrected chi connectivity index (χ3v) is 9.23. The zero-order valence-corrected chi connectivity index (χ0v) is 27.4. The van der Waals surface area contributed by atoms with Crippen LogP contribution in [0.1, 0.15) is 31.2 Å². The number of pyridine rings is 1. The Balaban J connectivity index is 1.02. The van der Waals surface area contributed by atoms with Crippen LogP contribution in [-0.4, -0.2) is 84.4 Å². The number of alkyl halides is 3. The van der Waals surface area contributed by atoms with E-state index in [4.69, 9.17) is 33.8 Å². The Labute approximate surface area is 276 Å². The van der Waals surface area contributed by atoms with E-state index in [9.17, 15) is 13.2 Å². The Morgan fingerprint density at radius 1 is 0.978 bits per heavy atom. The Morgan fingerprint density at radius 3 is 2.31 bits per heavy atom. The first-order valence-electron chi connectivity index (χ1n) is 15.0. The van der Waals surface area contributed by atoms with E-state index in [1.165, 1.54) is 37.4 Å². The van der Waals surface area contributed by atoms with Gasteiger partial charge in [0.25, 0.3) is 0 Å². The highest BCUT2D eigenvalue weighted by Crippen LogP contribution is 2.36. The summed E-state index contributed by atoms with van der Waals surface area (Å²) in [7, 11) is 2.07. The smallest absolute Gasteiger partial charge is 0.369 e. The molecule has 2 aliphatic rings. The Bertz CT molecular complexity index is 1400. The van der Waals surface area contributed by atoms with Gasteiger partial charge < -0.3 is 30.7 Å². The van der Waals surface area contributed by atoms with Crippen LogP contribution in [0.15, 0.2) is 52.5 Å². The fraction of sp³-hybridized carbons (Fsp3) is 0.467. The second-order valence-corrected chi connectivity index (χ2v) is 12.9. The summed E-state index contributed by atoms with van der Waals surface area (Å²) in [5.74, 6) is 2.71. The van der Waals surface area contributed by atoms with Crippen LogP contribution in [0.5, 0.6) is 0 Å². The zero-order chi connectivity index (χ0) is 31.8. The van der Waals surface area contributed by atoms with E-state index >= 15 is 0 Å². The van der Waals surface area contributed by atoms with Crippen molar-refractivity contribution < 1.29 is 13.2 Å². The van der Waals surface area contributed by atoms with Crippen molar-refractivity contribution in [3.05, 3.63) is 53.2 Å². The van der Waals surface area contributed by atoms with Crippen molar-refractivity contribution in [2.24, 2.45) is 0 Å². The first-order valence-corrected chi connectivity index (χ1v) is 16.6. The summed E-state index contributed by atoms with van der Waals surface area (Å²) in [6.07, 6.45) is 1.08. The third kappa shape index (κ3) is 9.71. The van der Waals surface area contributed by atoms with Crippen molar-refractivity contribution in [1.29, 1.82) is 0 Å². The molecular weight excluding hydrogens is 643 g/mol. The third-order valence-electron chi connectivity index (χ3n) is 7.56. The van der Waals surface area contributed by atoms with E-state index in [1.807, 2.05) is 24.3 Å². The first-order chi connectivity index (χ1) is 21.6. The lowest BCUT2D eigenvalue weighted by molar-refractivity contribution is -0.137. The molecule has 2 aliphatic heterocycles. The van der Waals surface area contributed by atoms with E-state index in [-0.39, 0.29) is 5.02 Å². The van der Waals surface area contributed by atoms with Crippen LogP contribution < -0.4 is 25.8 Å². The minimum absolute atomic E-state index is 0.0458. The van der Waals surface area contributed by atoms with Gasteiger partial charge in [-0.3, -0.25) is 0 Å². The van der Waals surface area contributed by atoms with Gasteiger partial charge in [-0.15, -0.1) is 0 Å². The maximum Gasteiger partial charge on any atom is 0.417 e. The molecule has 0 unspecified atom stereocenters. The average molecular weight is 680 g/mol. The predicted octanol–water partition coefficient (Wildman–Crippen LogP) is 6.23. The van der Waals surface area contributed by atoms with Crippen molar-refractivity contribution in [2.45, 2.75) is 41.8 Å². The molecule has 4 heterocycles. The molecular formula is C30H37ClF3N9S2. The van der Waals surface area contributed by atoms with Gasteiger partial charge in [0.2, 0.25) is 5.95 Å². The van der Waals surface area contributed by atoms with Gasteiger partial charge in [-0.05, 0) is 75.3 Å². The summed E-state index contributed by atoms with van der Waals surface area (Å²) in [5, 5.41) is 10.6. The molecule has 0 saturated carbocycles. The monoisotopic (exact) mass is 679 g/mol. The summed E-state index contributed by atoms with van der Waals surface area (Å²) in [5.41, 5.74) is -0.0902. The number of benzene rings is 1. The van der Waals surface area contributed by atoms with Gasteiger partial charge in [-0.2, -0.15) is 23.1 Å². The SMILES string of the molecule is CN(CCNC(=S)Nc1ccc(Sc2ncc(C(F)(F)F)cc2Cl)cc1)CCNc1cc(N2CCCC2)nc(N2CCCC2)n1. The molecule has 0 atom stereocenters. The Kier molecular flexibility index (Phi) is 11.5. The first kappa shape index (κ1) is 33.3. The normalized spacial score (nSPS) is 15.2. The van der Waals surface area contributed by atoms with Crippen LogP contribution in [0.4, 0.5) is 36.4 Å². The van der Waals surface area contributed by atoms with Gasteiger partial charge in [0.05, 0.1) is 10.6 Å². The maximum absolute atomic E-state index is 12.9. The van der Waals surface area contributed by atoms with Crippen molar-refractivity contribution in [3.8, 4) is 0 Å². The number of rotatable bonds is 12.